The second-order valence-electron chi connectivity index (χ2n) is 6.65. The largest absolute Gasteiger partial charge is 0.360 e. The van der Waals surface area contributed by atoms with Crippen molar-refractivity contribution in [2.45, 2.75) is 31.2 Å². The minimum Gasteiger partial charge on any atom is -0.360 e. The zero-order valence-corrected chi connectivity index (χ0v) is 16.2. The molecule has 0 amide bonds. The fourth-order valence-electron chi connectivity index (χ4n) is 3.25. The highest BCUT2D eigenvalue weighted by molar-refractivity contribution is 8.00. The summed E-state index contributed by atoms with van der Waals surface area (Å²) in [6, 6.07) is 14.1. The highest BCUT2D eigenvalue weighted by Crippen LogP contribution is 2.29. The third-order valence-corrected chi connectivity index (χ3v) is 5.69. The monoisotopic (exact) mass is 376 g/mol. The zero-order valence-electron chi connectivity index (χ0n) is 15.4. The molecule has 0 aliphatic rings. The first-order valence-corrected chi connectivity index (χ1v) is 9.67. The van der Waals surface area contributed by atoms with Gasteiger partial charge in [0.05, 0.1) is 10.9 Å². The number of aryl methyl sites for hydroxylation is 2. The smallest absolute Gasteiger partial charge is 0.196 e. The van der Waals surface area contributed by atoms with E-state index < -0.39 is 0 Å². The van der Waals surface area contributed by atoms with Crippen LogP contribution in [-0.2, 0) is 0 Å². The predicted octanol–water partition coefficient (Wildman–Crippen LogP) is 4.73. The maximum absolute atomic E-state index is 13.0. The van der Waals surface area contributed by atoms with Crippen LogP contribution >= 0.6 is 11.8 Å². The van der Waals surface area contributed by atoms with Gasteiger partial charge in [-0.05, 0) is 38.5 Å². The lowest BCUT2D eigenvalue weighted by Gasteiger charge is -2.13. The van der Waals surface area contributed by atoms with E-state index in [9.17, 15) is 4.79 Å². The number of H-pyrrole nitrogens is 1. The van der Waals surface area contributed by atoms with Crippen LogP contribution in [0, 0.1) is 13.8 Å². The second-order valence-corrected chi connectivity index (χ2v) is 7.95. The van der Waals surface area contributed by atoms with Gasteiger partial charge in [-0.2, -0.15) is 0 Å². The van der Waals surface area contributed by atoms with E-state index in [0.29, 0.717) is 10.7 Å². The summed E-state index contributed by atoms with van der Waals surface area (Å²) in [7, 11) is 0. The molecule has 0 bridgehead atoms. The molecule has 0 aliphatic carbocycles. The van der Waals surface area contributed by atoms with Crippen molar-refractivity contribution in [2.75, 3.05) is 0 Å². The minimum absolute atomic E-state index is 0.0765. The number of carbonyl (C=O) groups is 1. The van der Waals surface area contributed by atoms with Crippen LogP contribution in [0.1, 0.15) is 28.4 Å². The number of rotatable bonds is 5. The number of aromatic amines is 1. The first-order valence-electron chi connectivity index (χ1n) is 8.79. The number of nitrogens with zero attached hydrogens (tertiary/aromatic N) is 3. The van der Waals surface area contributed by atoms with Crippen LogP contribution < -0.4 is 0 Å². The standard InChI is InChI=1S/C21H20N4OS/c1-13-8-9-19(14(2)10-13)25-12-23-24-21(25)27-15(3)20(26)17-11-22-18-7-5-4-6-16(17)18/h4-12,15,22H,1-3H3. The first-order chi connectivity index (χ1) is 13.0. The van der Waals surface area contributed by atoms with Gasteiger partial charge in [0.15, 0.2) is 10.9 Å². The Kier molecular flexibility index (Phi) is 4.58. The van der Waals surface area contributed by atoms with Gasteiger partial charge < -0.3 is 4.98 Å². The third-order valence-electron chi connectivity index (χ3n) is 4.63. The van der Waals surface area contributed by atoms with Crippen LogP contribution in [0.15, 0.2) is 60.1 Å². The van der Waals surface area contributed by atoms with Crippen molar-refractivity contribution in [2.24, 2.45) is 0 Å². The summed E-state index contributed by atoms with van der Waals surface area (Å²) in [4.78, 5) is 16.2. The molecule has 0 spiro atoms. The molecule has 136 valence electrons. The molecule has 4 aromatic rings. The van der Waals surface area contributed by atoms with E-state index in [-0.39, 0.29) is 11.0 Å². The summed E-state index contributed by atoms with van der Waals surface area (Å²) in [6.45, 7) is 6.05. The van der Waals surface area contributed by atoms with Crippen molar-refractivity contribution in [1.82, 2.24) is 19.7 Å². The maximum Gasteiger partial charge on any atom is 0.196 e. The van der Waals surface area contributed by atoms with E-state index in [4.69, 9.17) is 0 Å². The van der Waals surface area contributed by atoms with Crippen LogP contribution in [0.5, 0.6) is 0 Å². The molecule has 0 saturated heterocycles. The number of aromatic nitrogens is 4. The Morgan fingerprint density at radius 2 is 2.00 bits per heavy atom. The van der Waals surface area contributed by atoms with Gasteiger partial charge in [-0.15, -0.1) is 10.2 Å². The lowest BCUT2D eigenvalue weighted by molar-refractivity contribution is 0.0995. The minimum atomic E-state index is -0.280. The average Bonchev–Trinajstić information content (AvgIpc) is 3.28. The van der Waals surface area contributed by atoms with Crippen molar-refractivity contribution >= 4 is 28.4 Å². The third kappa shape index (κ3) is 3.28. The summed E-state index contributed by atoms with van der Waals surface area (Å²) in [5.41, 5.74) is 5.06. The van der Waals surface area contributed by atoms with E-state index in [1.54, 1.807) is 12.5 Å². The summed E-state index contributed by atoms with van der Waals surface area (Å²) >= 11 is 1.43. The molecular weight excluding hydrogens is 356 g/mol. The molecule has 1 N–H and O–H groups in total. The van der Waals surface area contributed by atoms with Gasteiger partial charge in [0, 0.05) is 22.7 Å². The van der Waals surface area contributed by atoms with Crippen molar-refractivity contribution in [3.8, 4) is 5.69 Å². The van der Waals surface area contributed by atoms with Crippen LogP contribution in [0.2, 0.25) is 0 Å². The van der Waals surface area contributed by atoms with Crippen LogP contribution in [0.4, 0.5) is 0 Å². The lowest BCUT2D eigenvalue weighted by atomic mass is 10.1. The highest BCUT2D eigenvalue weighted by Gasteiger charge is 2.22. The number of benzene rings is 2. The first kappa shape index (κ1) is 17.5. The molecule has 27 heavy (non-hydrogen) atoms. The zero-order chi connectivity index (χ0) is 19.0. The number of Topliss-reactive ketones (excluding diaryl/α,β-unsaturated/α-hetero) is 1. The molecule has 2 aromatic heterocycles. The van der Waals surface area contributed by atoms with Crippen LogP contribution in [0.25, 0.3) is 16.6 Å². The van der Waals surface area contributed by atoms with Gasteiger partial charge in [0.2, 0.25) is 0 Å². The Balaban J connectivity index is 1.61. The number of fused-ring (bicyclic) bond motifs is 1. The normalized spacial score (nSPS) is 12.4. The molecule has 4 rings (SSSR count). The molecule has 1 atom stereocenters. The number of carbonyl (C=O) groups excluding carboxylic acids is 1. The molecule has 0 radical (unpaired) electrons. The average molecular weight is 376 g/mol. The van der Waals surface area contributed by atoms with Gasteiger partial charge in [-0.3, -0.25) is 9.36 Å². The Labute approximate surface area is 161 Å². The molecule has 6 heteroatoms. The van der Waals surface area contributed by atoms with Gasteiger partial charge >= 0.3 is 0 Å². The summed E-state index contributed by atoms with van der Waals surface area (Å²) in [5.74, 6) is 0.0765. The topological polar surface area (TPSA) is 63.6 Å². The molecular formula is C21H20N4OS. The van der Waals surface area contributed by atoms with Crippen molar-refractivity contribution in [3.05, 3.63) is 71.7 Å². The van der Waals surface area contributed by atoms with Gasteiger partial charge in [0.1, 0.15) is 6.33 Å². The van der Waals surface area contributed by atoms with Gasteiger partial charge in [-0.1, -0.05) is 47.7 Å². The SMILES string of the molecule is Cc1ccc(-n2cnnc2SC(C)C(=O)c2c[nH]c3ccccc23)c(C)c1. The van der Waals surface area contributed by atoms with E-state index in [0.717, 1.165) is 22.2 Å². The summed E-state index contributed by atoms with van der Waals surface area (Å²) in [6.07, 6.45) is 3.49. The Morgan fingerprint density at radius 3 is 2.81 bits per heavy atom. The number of para-hydroxylation sites is 1. The molecule has 2 aromatic carbocycles. The molecule has 1 unspecified atom stereocenters. The summed E-state index contributed by atoms with van der Waals surface area (Å²) < 4.78 is 1.94. The predicted molar refractivity (Wildman–Crippen MR) is 109 cm³/mol. The Morgan fingerprint density at radius 1 is 1.19 bits per heavy atom. The van der Waals surface area contributed by atoms with Crippen molar-refractivity contribution in [3.63, 3.8) is 0 Å². The molecule has 5 nitrogen and oxygen atoms in total. The maximum atomic E-state index is 13.0. The fraction of sp³-hybridized carbons (Fsp3) is 0.190. The van der Waals surface area contributed by atoms with E-state index in [2.05, 4.69) is 47.2 Å². The Bertz CT molecular complexity index is 1130. The van der Waals surface area contributed by atoms with Crippen molar-refractivity contribution in [1.29, 1.82) is 0 Å². The number of ketones is 1. The van der Waals surface area contributed by atoms with Crippen LogP contribution in [-0.4, -0.2) is 30.8 Å². The number of nitrogens with one attached hydrogen (secondary N) is 1. The molecule has 0 aliphatic heterocycles. The summed E-state index contributed by atoms with van der Waals surface area (Å²) in [5, 5.41) is 9.68. The van der Waals surface area contributed by atoms with Gasteiger partial charge in [0.25, 0.3) is 0 Å². The number of thioether (sulfide) groups is 1. The van der Waals surface area contributed by atoms with Crippen molar-refractivity contribution < 1.29 is 4.79 Å². The molecule has 0 fully saturated rings. The number of hydrogen-bond acceptors (Lipinski definition) is 4. The second kappa shape index (κ2) is 7.04. The quantitative estimate of drug-likeness (QED) is 0.404. The fourth-order valence-corrected chi connectivity index (χ4v) is 4.16. The number of hydrogen-bond donors (Lipinski definition) is 1. The lowest BCUT2D eigenvalue weighted by Crippen LogP contribution is -2.14. The Hall–Kier alpha value is -2.86. The van der Waals surface area contributed by atoms with Crippen LogP contribution in [0.3, 0.4) is 0 Å². The van der Waals surface area contributed by atoms with E-state index >= 15 is 0 Å². The molecule has 2 heterocycles. The van der Waals surface area contributed by atoms with E-state index in [1.807, 2.05) is 35.8 Å². The highest BCUT2D eigenvalue weighted by atomic mass is 32.2. The van der Waals surface area contributed by atoms with E-state index in [1.165, 1.54) is 17.3 Å². The molecule has 0 saturated carbocycles. The van der Waals surface area contributed by atoms with Gasteiger partial charge in [-0.25, -0.2) is 0 Å².